The lowest BCUT2D eigenvalue weighted by Gasteiger charge is -2.36. The van der Waals surface area contributed by atoms with Crippen molar-refractivity contribution in [3.63, 3.8) is 0 Å². The van der Waals surface area contributed by atoms with Crippen molar-refractivity contribution in [1.29, 1.82) is 0 Å². The molecule has 20 heavy (non-hydrogen) atoms. The Morgan fingerprint density at radius 2 is 2.00 bits per heavy atom. The molecule has 0 radical (unpaired) electrons. The summed E-state index contributed by atoms with van der Waals surface area (Å²) in [6, 6.07) is 2.62. The molecule has 2 N–H and O–H groups in total. The van der Waals surface area contributed by atoms with Gasteiger partial charge in [-0.25, -0.2) is 9.97 Å². The molecule has 0 unspecified atom stereocenters. The van der Waals surface area contributed by atoms with Gasteiger partial charge in [0.1, 0.15) is 16.5 Å². The van der Waals surface area contributed by atoms with Gasteiger partial charge in [0.2, 0.25) is 0 Å². The van der Waals surface area contributed by atoms with Gasteiger partial charge in [-0.15, -0.1) is 11.3 Å². The van der Waals surface area contributed by atoms with Crippen LogP contribution in [0.25, 0.3) is 10.2 Å². The molecule has 1 aliphatic rings. The molecule has 0 atom stereocenters. The highest BCUT2D eigenvalue weighted by molar-refractivity contribution is 7.16. The van der Waals surface area contributed by atoms with Gasteiger partial charge >= 0.3 is 0 Å². The van der Waals surface area contributed by atoms with Crippen LogP contribution in [0.2, 0.25) is 0 Å². The summed E-state index contributed by atoms with van der Waals surface area (Å²) in [5.74, 6) is 1.45. The van der Waals surface area contributed by atoms with E-state index in [1.165, 1.54) is 0 Å². The first-order valence-electron chi connectivity index (χ1n) is 7.09. The molecule has 3 heterocycles. The number of nitrogens with two attached hydrogens (primary N) is 1. The topological polar surface area (TPSA) is 58.3 Å². The minimum Gasteiger partial charge on any atom is -0.383 e. The maximum atomic E-state index is 6.00. The summed E-state index contributed by atoms with van der Waals surface area (Å²) >= 11 is 1.62. The molecule has 0 aromatic carbocycles. The Morgan fingerprint density at radius 1 is 1.25 bits per heavy atom. The molecule has 0 amide bonds. The van der Waals surface area contributed by atoms with Gasteiger partial charge in [-0.05, 0) is 25.3 Å². The Bertz CT molecular complexity index is 586. The Labute approximate surface area is 123 Å². The smallest absolute Gasteiger partial charge is 0.146 e. The van der Waals surface area contributed by atoms with Gasteiger partial charge in [0.05, 0.1) is 11.9 Å². The zero-order valence-corrected chi connectivity index (χ0v) is 12.9. The lowest BCUT2D eigenvalue weighted by Crippen LogP contribution is -2.48. The van der Waals surface area contributed by atoms with Gasteiger partial charge in [-0.1, -0.05) is 0 Å². The normalized spacial score (nSPS) is 18.1. The third-order valence-electron chi connectivity index (χ3n) is 3.90. The molecular formula is C14H21N5S. The molecule has 0 spiro atoms. The minimum atomic E-state index is 0.604. The molecule has 108 valence electrons. The van der Waals surface area contributed by atoms with E-state index < -0.39 is 0 Å². The monoisotopic (exact) mass is 291 g/mol. The highest BCUT2D eigenvalue weighted by Crippen LogP contribution is 2.23. The van der Waals surface area contributed by atoms with Crippen LogP contribution < -0.4 is 5.73 Å². The number of aromatic nitrogens is 2. The molecular weight excluding hydrogens is 270 g/mol. The Kier molecular flexibility index (Phi) is 3.87. The number of fused-ring (bicyclic) bond motifs is 1. The van der Waals surface area contributed by atoms with E-state index >= 15 is 0 Å². The summed E-state index contributed by atoms with van der Waals surface area (Å²) in [5, 5.41) is 2.99. The first-order valence-corrected chi connectivity index (χ1v) is 7.97. The van der Waals surface area contributed by atoms with Crippen LogP contribution in [-0.2, 0) is 6.54 Å². The predicted molar refractivity (Wildman–Crippen MR) is 83.8 cm³/mol. The van der Waals surface area contributed by atoms with E-state index in [9.17, 15) is 0 Å². The van der Waals surface area contributed by atoms with Crippen molar-refractivity contribution in [2.75, 3.05) is 31.9 Å². The van der Waals surface area contributed by atoms with E-state index in [1.54, 1.807) is 11.3 Å². The van der Waals surface area contributed by atoms with Crippen molar-refractivity contribution in [3.8, 4) is 0 Å². The second-order valence-corrected chi connectivity index (χ2v) is 6.46. The van der Waals surface area contributed by atoms with E-state index in [0.29, 0.717) is 11.9 Å². The standard InChI is InChI=1S/C14H21N5S/c1-10(2)19-6-4-18(5-7-19)9-12-16-13(15)11-3-8-20-14(11)17-12/h3,8,10H,4-7,9H2,1-2H3,(H2,15,16,17). The highest BCUT2D eigenvalue weighted by Gasteiger charge is 2.19. The third-order valence-corrected chi connectivity index (χ3v) is 4.71. The zero-order valence-electron chi connectivity index (χ0n) is 12.0. The first kappa shape index (κ1) is 13.7. The van der Waals surface area contributed by atoms with Crippen molar-refractivity contribution in [2.45, 2.75) is 26.4 Å². The number of nitrogen functional groups attached to an aromatic ring is 1. The van der Waals surface area contributed by atoms with Crippen LogP contribution in [0.1, 0.15) is 19.7 Å². The largest absolute Gasteiger partial charge is 0.383 e. The van der Waals surface area contributed by atoms with Gasteiger partial charge in [-0.2, -0.15) is 0 Å². The van der Waals surface area contributed by atoms with E-state index in [4.69, 9.17) is 5.73 Å². The Morgan fingerprint density at radius 3 is 2.70 bits per heavy atom. The first-order chi connectivity index (χ1) is 9.63. The lowest BCUT2D eigenvalue weighted by molar-refractivity contribution is 0.102. The number of thiophene rings is 1. The quantitative estimate of drug-likeness (QED) is 0.934. The summed E-state index contributed by atoms with van der Waals surface area (Å²) in [4.78, 5) is 15.0. The summed E-state index contributed by atoms with van der Waals surface area (Å²) in [7, 11) is 0. The summed E-state index contributed by atoms with van der Waals surface area (Å²) in [6.45, 7) is 9.69. The highest BCUT2D eigenvalue weighted by atomic mass is 32.1. The fourth-order valence-corrected chi connectivity index (χ4v) is 3.42. The fourth-order valence-electron chi connectivity index (χ4n) is 2.63. The van der Waals surface area contributed by atoms with Crippen LogP contribution in [0.3, 0.4) is 0 Å². The lowest BCUT2D eigenvalue weighted by atomic mass is 10.2. The van der Waals surface area contributed by atoms with Crippen molar-refractivity contribution in [1.82, 2.24) is 19.8 Å². The molecule has 1 saturated heterocycles. The van der Waals surface area contributed by atoms with E-state index in [0.717, 1.165) is 48.8 Å². The summed E-state index contributed by atoms with van der Waals surface area (Å²) < 4.78 is 0. The molecule has 0 saturated carbocycles. The van der Waals surface area contributed by atoms with Crippen LogP contribution in [-0.4, -0.2) is 52.0 Å². The van der Waals surface area contributed by atoms with Gasteiger partial charge in [0, 0.05) is 32.2 Å². The summed E-state index contributed by atoms with van der Waals surface area (Å²) in [6.07, 6.45) is 0. The van der Waals surface area contributed by atoms with Crippen molar-refractivity contribution in [2.24, 2.45) is 0 Å². The Balaban J connectivity index is 1.68. The van der Waals surface area contributed by atoms with Crippen LogP contribution in [0.15, 0.2) is 11.4 Å². The maximum Gasteiger partial charge on any atom is 0.146 e. The molecule has 2 aromatic rings. The SMILES string of the molecule is CC(C)N1CCN(Cc2nc(N)c3ccsc3n2)CC1. The van der Waals surface area contributed by atoms with E-state index in [-0.39, 0.29) is 0 Å². The molecule has 0 bridgehead atoms. The average molecular weight is 291 g/mol. The molecule has 2 aromatic heterocycles. The van der Waals surface area contributed by atoms with Crippen LogP contribution in [0, 0.1) is 0 Å². The molecule has 1 fully saturated rings. The van der Waals surface area contributed by atoms with E-state index in [2.05, 4.69) is 33.6 Å². The van der Waals surface area contributed by atoms with Gasteiger partial charge < -0.3 is 5.73 Å². The molecule has 5 nitrogen and oxygen atoms in total. The number of nitrogens with zero attached hydrogens (tertiary/aromatic N) is 4. The van der Waals surface area contributed by atoms with Crippen molar-refractivity contribution >= 4 is 27.4 Å². The predicted octanol–water partition coefficient (Wildman–Crippen LogP) is 1.80. The number of rotatable bonds is 3. The Hall–Kier alpha value is -1.24. The van der Waals surface area contributed by atoms with Crippen molar-refractivity contribution < 1.29 is 0 Å². The van der Waals surface area contributed by atoms with Crippen LogP contribution >= 0.6 is 11.3 Å². The molecule has 3 rings (SSSR count). The molecule has 0 aliphatic carbocycles. The van der Waals surface area contributed by atoms with Crippen LogP contribution in [0.5, 0.6) is 0 Å². The molecule has 1 aliphatic heterocycles. The fraction of sp³-hybridized carbons (Fsp3) is 0.571. The number of anilines is 1. The average Bonchev–Trinajstić information content (AvgIpc) is 2.88. The second-order valence-electron chi connectivity index (χ2n) is 5.57. The number of piperazine rings is 1. The minimum absolute atomic E-state index is 0.604. The number of hydrogen-bond donors (Lipinski definition) is 1. The molecule has 6 heteroatoms. The van der Waals surface area contributed by atoms with Gasteiger partial charge in [0.25, 0.3) is 0 Å². The third kappa shape index (κ3) is 2.77. The van der Waals surface area contributed by atoms with E-state index in [1.807, 2.05) is 11.4 Å². The second kappa shape index (κ2) is 5.63. The van der Waals surface area contributed by atoms with Gasteiger partial charge in [-0.3, -0.25) is 9.80 Å². The van der Waals surface area contributed by atoms with Crippen molar-refractivity contribution in [3.05, 3.63) is 17.3 Å². The van der Waals surface area contributed by atoms with Crippen LogP contribution in [0.4, 0.5) is 5.82 Å². The van der Waals surface area contributed by atoms with Gasteiger partial charge in [0.15, 0.2) is 0 Å². The zero-order chi connectivity index (χ0) is 14.1. The maximum absolute atomic E-state index is 6.00. The summed E-state index contributed by atoms with van der Waals surface area (Å²) in [5.41, 5.74) is 6.00. The number of hydrogen-bond acceptors (Lipinski definition) is 6.